The van der Waals surface area contributed by atoms with Crippen LogP contribution in [0.25, 0.3) is 11.1 Å². The van der Waals surface area contributed by atoms with Gasteiger partial charge in [0.2, 0.25) is 0 Å². The Hall–Kier alpha value is -2.83. The van der Waals surface area contributed by atoms with Gasteiger partial charge < -0.3 is 14.8 Å². The van der Waals surface area contributed by atoms with E-state index in [9.17, 15) is 9.59 Å². The monoisotopic (exact) mass is 457 g/mol. The molecule has 0 saturated carbocycles. The number of rotatable bonds is 7. The van der Waals surface area contributed by atoms with Crippen molar-refractivity contribution in [3.8, 4) is 16.9 Å². The molecule has 0 unspecified atom stereocenters. The van der Waals surface area contributed by atoms with Gasteiger partial charge in [0.05, 0.1) is 6.61 Å². The van der Waals surface area contributed by atoms with Crippen molar-refractivity contribution in [2.75, 3.05) is 18.5 Å². The molecule has 31 heavy (non-hydrogen) atoms. The van der Waals surface area contributed by atoms with Gasteiger partial charge in [0.15, 0.2) is 6.61 Å². The van der Waals surface area contributed by atoms with Gasteiger partial charge in [-0.05, 0) is 62.1 Å². The second-order valence-corrected chi connectivity index (χ2v) is 8.39. The van der Waals surface area contributed by atoms with Crippen LogP contribution >= 0.6 is 22.9 Å². The number of carbonyl (C=O) groups excluding carboxylic acids is 2. The van der Waals surface area contributed by atoms with E-state index in [1.165, 1.54) is 11.3 Å². The quantitative estimate of drug-likeness (QED) is 0.430. The summed E-state index contributed by atoms with van der Waals surface area (Å²) < 4.78 is 11.0. The average molecular weight is 458 g/mol. The number of aryl methyl sites for hydroxylation is 2. The van der Waals surface area contributed by atoms with Crippen molar-refractivity contribution in [3.63, 3.8) is 0 Å². The lowest BCUT2D eigenvalue weighted by molar-refractivity contribution is -0.118. The molecule has 0 saturated heterocycles. The highest BCUT2D eigenvalue weighted by molar-refractivity contribution is 7.15. The molecule has 0 spiro atoms. The number of hydrogen-bond acceptors (Lipinski definition) is 5. The van der Waals surface area contributed by atoms with Crippen molar-refractivity contribution < 1.29 is 19.1 Å². The van der Waals surface area contributed by atoms with E-state index in [1.54, 1.807) is 19.1 Å². The van der Waals surface area contributed by atoms with Gasteiger partial charge in [-0.2, -0.15) is 0 Å². The zero-order valence-corrected chi connectivity index (χ0v) is 19.4. The summed E-state index contributed by atoms with van der Waals surface area (Å²) in [6.45, 7) is 7.71. The van der Waals surface area contributed by atoms with Crippen LogP contribution in [-0.4, -0.2) is 25.1 Å². The molecule has 0 bridgehead atoms. The number of amides is 1. The molecule has 0 aliphatic carbocycles. The number of thiophene rings is 1. The predicted molar refractivity (Wildman–Crippen MR) is 125 cm³/mol. The number of esters is 1. The maximum absolute atomic E-state index is 12.7. The summed E-state index contributed by atoms with van der Waals surface area (Å²) in [5.74, 6) is -0.139. The van der Waals surface area contributed by atoms with Crippen LogP contribution in [0.5, 0.6) is 5.75 Å². The van der Waals surface area contributed by atoms with E-state index in [4.69, 9.17) is 21.1 Å². The fourth-order valence-corrected chi connectivity index (χ4v) is 4.25. The molecule has 0 aliphatic heterocycles. The maximum Gasteiger partial charge on any atom is 0.341 e. The van der Waals surface area contributed by atoms with Gasteiger partial charge in [0.25, 0.3) is 5.91 Å². The van der Waals surface area contributed by atoms with Gasteiger partial charge in [-0.1, -0.05) is 35.9 Å². The Morgan fingerprint density at radius 1 is 1.03 bits per heavy atom. The molecule has 1 aromatic heterocycles. The lowest BCUT2D eigenvalue weighted by Crippen LogP contribution is -2.21. The van der Waals surface area contributed by atoms with Gasteiger partial charge in [-0.25, -0.2) is 4.79 Å². The van der Waals surface area contributed by atoms with Crippen LogP contribution < -0.4 is 10.1 Å². The molecule has 0 aliphatic rings. The van der Waals surface area contributed by atoms with Gasteiger partial charge in [0, 0.05) is 16.0 Å². The summed E-state index contributed by atoms with van der Waals surface area (Å²) in [5.41, 5.74) is 4.88. The zero-order chi connectivity index (χ0) is 22.5. The van der Waals surface area contributed by atoms with Gasteiger partial charge in [-0.15, -0.1) is 11.3 Å². The average Bonchev–Trinajstić information content (AvgIpc) is 3.15. The Labute approximate surface area is 191 Å². The molecule has 7 heteroatoms. The maximum atomic E-state index is 12.7. The first kappa shape index (κ1) is 22.8. The van der Waals surface area contributed by atoms with Crippen molar-refractivity contribution in [1.82, 2.24) is 0 Å². The third-order valence-electron chi connectivity index (χ3n) is 4.90. The highest BCUT2D eigenvalue weighted by atomic mass is 35.5. The van der Waals surface area contributed by atoms with Crippen molar-refractivity contribution in [1.29, 1.82) is 0 Å². The van der Waals surface area contributed by atoms with Crippen LogP contribution in [-0.2, 0) is 9.53 Å². The molecule has 3 rings (SSSR count). The standard InChI is InChI=1S/C24H24ClNO4S/c1-5-29-24(28)21-19(17-8-10-18(25)11-9-17)13-31-23(21)26-20(27)12-30-22-15(3)7-6-14(2)16(22)4/h6-11,13H,5,12H2,1-4H3,(H,26,27). The zero-order valence-electron chi connectivity index (χ0n) is 17.9. The normalized spacial score (nSPS) is 10.6. The molecule has 3 aromatic rings. The van der Waals surface area contributed by atoms with Crippen LogP contribution in [0.4, 0.5) is 5.00 Å². The van der Waals surface area contributed by atoms with E-state index >= 15 is 0 Å². The fourth-order valence-electron chi connectivity index (χ4n) is 3.15. The molecule has 0 radical (unpaired) electrons. The Morgan fingerprint density at radius 2 is 1.71 bits per heavy atom. The second-order valence-electron chi connectivity index (χ2n) is 7.07. The minimum Gasteiger partial charge on any atom is -0.483 e. The SMILES string of the molecule is CCOC(=O)c1c(-c2ccc(Cl)cc2)csc1NC(=O)COc1c(C)ccc(C)c1C. The first-order chi connectivity index (χ1) is 14.8. The van der Waals surface area contributed by atoms with Crippen molar-refractivity contribution in [2.24, 2.45) is 0 Å². The van der Waals surface area contributed by atoms with Crippen molar-refractivity contribution in [2.45, 2.75) is 27.7 Å². The summed E-state index contributed by atoms with van der Waals surface area (Å²) in [7, 11) is 0. The van der Waals surface area contributed by atoms with Gasteiger partial charge >= 0.3 is 5.97 Å². The number of nitrogens with one attached hydrogen (secondary N) is 1. The van der Waals surface area contributed by atoms with Crippen LogP contribution in [0.2, 0.25) is 5.02 Å². The van der Waals surface area contributed by atoms with Crippen LogP contribution in [0.1, 0.15) is 34.0 Å². The highest BCUT2D eigenvalue weighted by Gasteiger charge is 2.23. The smallest absolute Gasteiger partial charge is 0.341 e. The van der Waals surface area contributed by atoms with Crippen LogP contribution in [0, 0.1) is 20.8 Å². The number of halogens is 1. The molecular weight excluding hydrogens is 434 g/mol. The number of carbonyl (C=O) groups is 2. The van der Waals surface area contributed by atoms with E-state index in [0.29, 0.717) is 26.9 Å². The predicted octanol–water partition coefficient (Wildman–Crippen LogP) is 6.19. The first-order valence-corrected chi connectivity index (χ1v) is 11.1. The van der Waals surface area contributed by atoms with Crippen LogP contribution in [0.15, 0.2) is 41.8 Å². The number of ether oxygens (including phenoxy) is 2. The van der Waals surface area contributed by atoms with Crippen molar-refractivity contribution >= 4 is 39.8 Å². The Kier molecular flexibility index (Phi) is 7.36. The second kappa shape index (κ2) is 9.98. The highest BCUT2D eigenvalue weighted by Crippen LogP contribution is 2.36. The van der Waals surface area contributed by atoms with E-state index in [0.717, 1.165) is 22.3 Å². The van der Waals surface area contributed by atoms with Gasteiger partial charge in [0.1, 0.15) is 16.3 Å². The summed E-state index contributed by atoms with van der Waals surface area (Å²) in [6.07, 6.45) is 0. The lowest BCUT2D eigenvalue weighted by Gasteiger charge is -2.14. The Morgan fingerprint density at radius 3 is 2.39 bits per heavy atom. The minimum absolute atomic E-state index is 0.165. The number of hydrogen-bond donors (Lipinski definition) is 1. The number of anilines is 1. The number of benzene rings is 2. The molecule has 2 aromatic carbocycles. The summed E-state index contributed by atoms with van der Waals surface area (Å²) in [5, 5.41) is 5.65. The van der Waals surface area contributed by atoms with Crippen LogP contribution in [0.3, 0.4) is 0 Å². The van der Waals surface area contributed by atoms with E-state index in [-0.39, 0.29) is 19.1 Å². The molecule has 1 amide bonds. The Bertz CT molecular complexity index is 1110. The molecule has 1 heterocycles. The Balaban J connectivity index is 1.82. The summed E-state index contributed by atoms with van der Waals surface area (Å²) in [4.78, 5) is 25.3. The lowest BCUT2D eigenvalue weighted by atomic mass is 10.0. The third-order valence-corrected chi connectivity index (χ3v) is 6.05. The minimum atomic E-state index is -0.490. The molecular formula is C24H24ClNO4S. The topological polar surface area (TPSA) is 64.6 Å². The van der Waals surface area contributed by atoms with E-state index < -0.39 is 5.97 Å². The first-order valence-electron chi connectivity index (χ1n) is 9.85. The molecule has 0 atom stereocenters. The summed E-state index contributed by atoms with van der Waals surface area (Å²) in [6, 6.07) is 11.1. The fraction of sp³-hybridized carbons (Fsp3) is 0.250. The third kappa shape index (κ3) is 5.27. The van der Waals surface area contributed by atoms with E-state index in [2.05, 4.69) is 5.32 Å². The molecule has 1 N–H and O–H groups in total. The largest absolute Gasteiger partial charge is 0.483 e. The van der Waals surface area contributed by atoms with E-state index in [1.807, 2.05) is 50.4 Å². The molecule has 0 fully saturated rings. The summed E-state index contributed by atoms with van der Waals surface area (Å²) >= 11 is 7.25. The molecule has 162 valence electrons. The molecule has 5 nitrogen and oxygen atoms in total. The van der Waals surface area contributed by atoms with Crippen molar-refractivity contribution in [3.05, 3.63) is 69.1 Å². The van der Waals surface area contributed by atoms with Gasteiger partial charge in [-0.3, -0.25) is 4.79 Å².